The SMILES string of the molecule is COc1ccc(S(=O)(=O)NCC(c2cccs2)N2CCc3ccccc32)cc1C. The monoisotopic (exact) mass is 428 g/mol. The molecule has 2 heterocycles. The fourth-order valence-corrected chi connectivity index (χ4v) is 5.78. The molecule has 1 unspecified atom stereocenters. The van der Waals surface area contributed by atoms with Crippen LogP contribution in [0, 0.1) is 6.92 Å². The maximum Gasteiger partial charge on any atom is 0.240 e. The molecule has 2 aromatic carbocycles. The van der Waals surface area contributed by atoms with Crippen LogP contribution in [0.3, 0.4) is 0 Å². The van der Waals surface area contributed by atoms with Crippen LogP contribution >= 0.6 is 11.3 Å². The molecule has 5 nitrogen and oxygen atoms in total. The van der Waals surface area contributed by atoms with Gasteiger partial charge in [-0.2, -0.15) is 0 Å². The zero-order chi connectivity index (χ0) is 20.4. The predicted octanol–water partition coefficient (Wildman–Crippen LogP) is 4.15. The molecule has 0 radical (unpaired) electrons. The highest BCUT2D eigenvalue weighted by atomic mass is 32.2. The van der Waals surface area contributed by atoms with Crippen molar-refractivity contribution >= 4 is 27.0 Å². The summed E-state index contributed by atoms with van der Waals surface area (Å²) in [7, 11) is -2.05. The van der Waals surface area contributed by atoms with E-state index in [0.717, 1.165) is 23.4 Å². The first-order valence-corrected chi connectivity index (χ1v) is 11.9. The Bertz CT molecular complexity index is 1100. The summed E-state index contributed by atoms with van der Waals surface area (Å²) in [5.41, 5.74) is 3.28. The van der Waals surface area contributed by atoms with Gasteiger partial charge in [0.25, 0.3) is 0 Å². The molecule has 0 bridgehead atoms. The number of ether oxygens (including phenoxy) is 1. The van der Waals surface area contributed by atoms with Crippen LogP contribution in [-0.4, -0.2) is 28.6 Å². The summed E-state index contributed by atoms with van der Waals surface area (Å²) in [5, 5.41) is 2.03. The summed E-state index contributed by atoms with van der Waals surface area (Å²) < 4.78 is 34.0. The summed E-state index contributed by atoms with van der Waals surface area (Å²) >= 11 is 1.65. The Balaban J connectivity index is 1.59. The van der Waals surface area contributed by atoms with Gasteiger partial charge in [0, 0.05) is 23.7 Å². The second-order valence-corrected chi connectivity index (χ2v) is 9.83. The van der Waals surface area contributed by atoms with Crippen LogP contribution < -0.4 is 14.4 Å². The van der Waals surface area contributed by atoms with Crippen molar-refractivity contribution in [3.05, 3.63) is 76.0 Å². The Kier molecular flexibility index (Phi) is 5.63. The molecule has 1 atom stereocenters. The molecule has 7 heteroatoms. The fourth-order valence-electron chi connectivity index (χ4n) is 3.82. The van der Waals surface area contributed by atoms with Gasteiger partial charge in [0.05, 0.1) is 18.0 Å². The van der Waals surface area contributed by atoms with Gasteiger partial charge in [-0.3, -0.25) is 0 Å². The van der Waals surface area contributed by atoms with Crippen molar-refractivity contribution in [1.82, 2.24) is 4.72 Å². The third-order valence-electron chi connectivity index (χ3n) is 5.31. The van der Waals surface area contributed by atoms with Gasteiger partial charge in [0.1, 0.15) is 5.75 Å². The van der Waals surface area contributed by atoms with E-state index in [1.54, 1.807) is 36.6 Å². The van der Waals surface area contributed by atoms with Gasteiger partial charge < -0.3 is 9.64 Å². The summed E-state index contributed by atoms with van der Waals surface area (Å²) in [6.45, 7) is 3.03. The molecule has 0 amide bonds. The smallest absolute Gasteiger partial charge is 0.240 e. The first-order chi connectivity index (χ1) is 14.0. The maximum atomic E-state index is 13.0. The molecule has 0 spiro atoms. The van der Waals surface area contributed by atoms with Crippen molar-refractivity contribution in [2.45, 2.75) is 24.3 Å². The molecule has 3 aromatic rings. The van der Waals surface area contributed by atoms with Gasteiger partial charge >= 0.3 is 0 Å². The number of nitrogens with one attached hydrogen (secondary N) is 1. The molecule has 152 valence electrons. The van der Waals surface area contributed by atoms with Crippen LogP contribution in [0.2, 0.25) is 0 Å². The van der Waals surface area contributed by atoms with Gasteiger partial charge in [-0.15, -0.1) is 11.3 Å². The average Bonchev–Trinajstić information content (AvgIpc) is 3.39. The van der Waals surface area contributed by atoms with Crippen molar-refractivity contribution in [2.75, 3.05) is 25.1 Å². The van der Waals surface area contributed by atoms with Crippen LogP contribution in [0.5, 0.6) is 5.75 Å². The number of thiophene rings is 1. The predicted molar refractivity (Wildman–Crippen MR) is 117 cm³/mol. The van der Waals surface area contributed by atoms with Gasteiger partial charge in [-0.05, 0) is 60.2 Å². The fraction of sp³-hybridized carbons (Fsp3) is 0.273. The van der Waals surface area contributed by atoms with E-state index in [1.807, 2.05) is 24.4 Å². The molecule has 1 aromatic heterocycles. The second-order valence-electron chi connectivity index (χ2n) is 7.09. The highest BCUT2D eigenvalue weighted by Gasteiger charge is 2.29. The summed E-state index contributed by atoms with van der Waals surface area (Å²) in [6, 6.07) is 17.3. The maximum absolute atomic E-state index is 13.0. The van der Waals surface area contributed by atoms with Crippen molar-refractivity contribution in [1.29, 1.82) is 0 Å². The van der Waals surface area contributed by atoms with Crippen LogP contribution in [0.15, 0.2) is 64.9 Å². The number of nitrogens with zero attached hydrogens (tertiary/aromatic N) is 1. The number of rotatable bonds is 7. The van der Waals surface area contributed by atoms with Crippen molar-refractivity contribution in [3.8, 4) is 5.75 Å². The molecular formula is C22H24N2O3S2. The largest absolute Gasteiger partial charge is 0.496 e. The van der Waals surface area contributed by atoms with E-state index in [-0.39, 0.29) is 10.9 Å². The van der Waals surface area contributed by atoms with E-state index in [0.29, 0.717) is 12.3 Å². The van der Waals surface area contributed by atoms with Gasteiger partial charge in [-0.1, -0.05) is 24.3 Å². The number of sulfonamides is 1. The summed E-state index contributed by atoms with van der Waals surface area (Å²) in [6.07, 6.45) is 0.975. The molecule has 29 heavy (non-hydrogen) atoms. The molecule has 0 saturated carbocycles. The Labute approximate surface area is 176 Å². The third-order valence-corrected chi connectivity index (χ3v) is 7.71. The Morgan fingerprint density at radius 2 is 2.00 bits per heavy atom. The number of benzene rings is 2. The molecule has 1 N–H and O–H groups in total. The van der Waals surface area contributed by atoms with E-state index < -0.39 is 10.0 Å². The van der Waals surface area contributed by atoms with E-state index in [1.165, 1.54) is 11.3 Å². The number of methoxy groups -OCH3 is 1. The zero-order valence-corrected chi connectivity index (χ0v) is 18.1. The third kappa shape index (κ3) is 4.03. The topological polar surface area (TPSA) is 58.6 Å². The first-order valence-electron chi connectivity index (χ1n) is 9.52. The van der Waals surface area contributed by atoms with Crippen LogP contribution in [0.25, 0.3) is 0 Å². The van der Waals surface area contributed by atoms with E-state index in [2.05, 4.69) is 33.9 Å². The number of anilines is 1. The van der Waals surface area contributed by atoms with Gasteiger partial charge in [0.2, 0.25) is 10.0 Å². The molecular weight excluding hydrogens is 404 g/mol. The minimum atomic E-state index is -3.63. The quantitative estimate of drug-likeness (QED) is 0.614. The number of fused-ring (bicyclic) bond motifs is 1. The average molecular weight is 429 g/mol. The first kappa shape index (κ1) is 19.9. The van der Waals surface area contributed by atoms with Gasteiger partial charge in [0.15, 0.2) is 0 Å². The molecule has 1 aliphatic heterocycles. The van der Waals surface area contributed by atoms with Crippen molar-refractivity contribution in [3.63, 3.8) is 0 Å². The summed E-state index contributed by atoms with van der Waals surface area (Å²) in [4.78, 5) is 3.71. The Hall–Kier alpha value is -2.35. The zero-order valence-electron chi connectivity index (χ0n) is 16.5. The lowest BCUT2D eigenvalue weighted by molar-refractivity contribution is 0.411. The lowest BCUT2D eigenvalue weighted by Crippen LogP contribution is -2.37. The minimum absolute atomic E-state index is 0.0484. The van der Waals surface area contributed by atoms with Crippen LogP contribution in [0.4, 0.5) is 5.69 Å². The number of aryl methyl sites for hydroxylation is 1. The highest BCUT2D eigenvalue weighted by molar-refractivity contribution is 7.89. The summed E-state index contributed by atoms with van der Waals surface area (Å²) in [5.74, 6) is 0.675. The van der Waals surface area contributed by atoms with Crippen molar-refractivity contribution < 1.29 is 13.2 Å². The Morgan fingerprint density at radius 3 is 2.72 bits per heavy atom. The van der Waals surface area contributed by atoms with Crippen LogP contribution in [0.1, 0.15) is 22.0 Å². The molecule has 1 aliphatic rings. The normalized spacial score (nSPS) is 14.6. The minimum Gasteiger partial charge on any atom is -0.496 e. The number of para-hydroxylation sites is 1. The standard InChI is InChI=1S/C22H24N2O3S2/c1-16-14-18(9-10-21(16)27-2)29(25,26)23-15-20(22-8-5-13-28-22)24-12-11-17-6-3-4-7-19(17)24/h3-10,13-14,20,23H,11-12,15H2,1-2H3. The molecule has 0 fully saturated rings. The highest BCUT2D eigenvalue weighted by Crippen LogP contribution is 2.36. The lowest BCUT2D eigenvalue weighted by atomic mass is 10.1. The number of hydrogen-bond donors (Lipinski definition) is 1. The number of hydrogen-bond acceptors (Lipinski definition) is 5. The Morgan fingerprint density at radius 1 is 1.17 bits per heavy atom. The van der Waals surface area contributed by atoms with Gasteiger partial charge in [-0.25, -0.2) is 13.1 Å². The molecule has 0 aliphatic carbocycles. The molecule has 4 rings (SSSR count). The van der Waals surface area contributed by atoms with Crippen LogP contribution in [-0.2, 0) is 16.4 Å². The van der Waals surface area contributed by atoms with E-state index >= 15 is 0 Å². The van der Waals surface area contributed by atoms with E-state index in [4.69, 9.17) is 4.74 Å². The van der Waals surface area contributed by atoms with Crippen molar-refractivity contribution in [2.24, 2.45) is 0 Å². The second kappa shape index (κ2) is 8.18. The van der Waals surface area contributed by atoms with E-state index in [9.17, 15) is 8.42 Å². The molecule has 0 saturated heterocycles. The lowest BCUT2D eigenvalue weighted by Gasteiger charge is -2.30.